The van der Waals surface area contributed by atoms with E-state index < -0.39 is 0 Å². The van der Waals surface area contributed by atoms with Crippen LogP contribution in [0, 0.1) is 0 Å². The minimum Gasteiger partial charge on any atom is -0.457 e. The molecule has 0 spiro atoms. The van der Waals surface area contributed by atoms with E-state index in [9.17, 15) is 9.59 Å². The summed E-state index contributed by atoms with van der Waals surface area (Å²) in [5.41, 5.74) is 2.39. The summed E-state index contributed by atoms with van der Waals surface area (Å²) in [6.45, 7) is 3.26. The van der Waals surface area contributed by atoms with E-state index in [1.54, 1.807) is 42.7 Å². The van der Waals surface area contributed by atoms with Crippen molar-refractivity contribution >= 4 is 17.6 Å². The molecule has 2 aromatic rings. The summed E-state index contributed by atoms with van der Waals surface area (Å²) in [6, 6.07) is 10.8. The highest BCUT2D eigenvalue weighted by molar-refractivity contribution is 5.88. The number of carbonyl (C=O) groups is 2. The molecule has 114 valence electrons. The van der Waals surface area contributed by atoms with Gasteiger partial charge in [-0.05, 0) is 30.7 Å². The third-order valence-electron chi connectivity index (χ3n) is 3.08. The zero-order valence-electron chi connectivity index (χ0n) is 12.6. The third kappa shape index (κ3) is 4.70. The van der Waals surface area contributed by atoms with Crippen LogP contribution >= 0.6 is 0 Å². The maximum absolute atomic E-state index is 11.9. The van der Waals surface area contributed by atoms with Crippen molar-refractivity contribution in [3.8, 4) is 0 Å². The quantitative estimate of drug-likeness (QED) is 0.862. The first-order chi connectivity index (χ1) is 10.5. The fourth-order valence-corrected chi connectivity index (χ4v) is 2.00. The Hall–Kier alpha value is -2.69. The molecule has 1 unspecified atom stereocenters. The number of rotatable bonds is 5. The van der Waals surface area contributed by atoms with Gasteiger partial charge >= 0.3 is 5.97 Å². The van der Waals surface area contributed by atoms with Gasteiger partial charge in [-0.25, -0.2) is 0 Å². The minimum atomic E-state index is -0.333. The number of amides is 1. The van der Waals surface area contributed by atoms with Crippen LogP contribution in [0.2, 0.25) is 0 Å². The van der Waals surface area contributed by atoms with Gasteiger partial charge in [0, 0.05) is 30.6 Å². The molecule has 0 fully saturated rings. The average Bonchev–Trinajstić information content (AvgIpc) is 2.49. The number of ether oxygens (including phenoxy) is 1. The average molecular weight is 298 g/mol. The van der Waals surface area contributed by atoms with Crippen molar-refractivity contribution in [3.05, 3.63) is 59.9 Å². The summed E-state index contributed by atoms with van der Waals surface area (Å²) in [7, 11) is 0. The SMILES string of the molecule is CC(=O)Nc1ccc(CC(=O)OC(C)c2cccnc2)cc1. The molecule has 0 radical (unpaired) electrons. The van der Waals surface area contributed by atoms with Crippen molar-refractivity contribution < 1.29 is 14.3 Å². The molecule has 1 aromatic heterocycles. The molecule has 0 saturated heterocycles. The van der Waals surface area contributed by atoms with Gasteiger partial charge in [-0.1, -0.05) is 18.2 Å². The number of anilines is 1. The van der Waals surface area contributed by atoms with Crippen LogP contribution in [0.5, 0.6) is 0 Å². The second kappa shape index (κ2) is 7.36. The van der Waals surface area contributed by atoms with Gasteiger partial charge in [0.1, 0.15) is 6.10 Å². The Morgan fingerprint density at radius 1 is 1.23 bits per heavy atom. The van der Waals surface area contributed by atoms with Crippen LogP contribution in [0.3, 0.4) is 0 Å². The van der Waals surface area contributed by atoms with E-state index in [2.05, 4.69) is 10.3 Å². The van der Waals surface area contributed by atoms with Gasteiger partial charge in [-0.2, -0.15) is 0 Å². The molecule has 1 heterocycles. The summed E-state index contributed by atoms with van der Waals surface area (Å²) in [6.07, 6.45) is 3.21. The van der Waals surface area contributed by atoms with E-state index in [4.69, 9.17) is 4.74 Å². The van der Waals surface area contributed by atoms with Crippen molar-refractivity contribution in [1.29, 1.82) is 0 Å². The smallest absolute Gasteiger partial charge is 0.310 e. The van der Waals surface area contributed by atoms with Gasteiger partial charge in [-0.3, -0.25) is 14.6 Å². The molecular formula is C17H18N2O3. The van der Waals surface area contributed by atoms with E-state index in [0.29, 0.717) is 5.69 Å². The number of benzene rings is 1. The lowest BCUT2D eigenvalue weighted by molar-refractivity contribution is -0.147. The van der Waals surface area contributed by atoms with Crippen molar-refractivity contribution in [2.45, 2.75) is 26.4 Å². The van der Waals surface area contributed by atoms with E-state index in [-0.39, 0.29) is 24.4 Å². The molecule has 1 amide bonds. The lowest BCUT2D eigenvalue weighted by atomic mass is 10.1. The van der Waals surface area contributed by atoms with E-state index in [1.807, 2.05) is 13.0 Å². The van der Waals surface area contributed by atoms with Crippen molar-refractivity contribution in [3.63, 3.8) is 0 Å². The summed E-state index contributed by atoms with van der Waals surface area (Å²) in [4.78, 5) is 26.9. The fraction of sp³-hybridized carbons (Fsp3) is 0.235. The third-order valence-corrected chi connectivity index (χ3v) is 3.08. The Labute approximate surface area is 129 Å². The van der Waals surface area contributed by atoms with Crippen molar-refractivity contribution in [1.82, 2.24) is 4.98 Å². The van der Waals surface area contributed by atoms with E-state index in [0.717, 1.165) is 11.1 Å². The number of nitrogens with one attached hydrogen (secondary N) is 1. The van der Waals surface area contributed by atoms with Gasteiger partial charge < -0.3 is 10.1 Å². The van der Waals surface area contributed by atoms with Gasteiger partial charge in [0.25, 0.3) is 0 Å². The highest BCUT2D eigenvalue weighted by Gasteiger charge is 2.12. The summed E-state index contributed by atoms with van der Waals surface area (Å²) in [5, 5.41) is 2.68. The molecule has 0 aliphatic carbocycles. The van der Waals surface area contributed by atoms with E-state index >= 15 is 0 Å². The molecule has 22 heavy (non-hydrogen) atoms. The summed E-state index contributed by atoms with van der Waals surface area (Å²) < 4.78 is 5.39. The molecular weight excluding hydrogens is 280 g/mol. The molecule has 1 atom stereocenters. The first-order valence-corrected chi connectivity index (χ1v) is 7.00. The predicted octanol–water partition coefficient (Wildman–Crippen LogP) is 2.89. The number of pyridine rings is 1. The fourth-order valence-electron chi connectivity index (χ4n) is 2.00. The van der Waals surface area contributed by atoms with Gasteiger partial charge in [0.15, 0.2) is 0 Å². The summed E-state index contributed by atoms with van der Waals surface area (Å²) >= 11 is 0. The second-order valence-corrected chi connectivity index (χ2v) is 4.97. The van der Waals surface area contributed by atoms with E-state index in [1.165, 1.54) is 6.92 Å². The first-order valence-electron chi connectivity index (χ1n) is 7.00. The van der Waals surface area contributed by atoms with Crippen LogP contribution in [0.15, 0.2) is 48.8 Å². The monoisotopic (exact) mass is 298 g/mol. The van der Waals surface area contributed by atoms with Gasteiger partial charge in [0.05, 0.1) is 6.42 Å². The van der Waals surface area contributed by atoms with Crippen LogP contribution in [0.25, 0.3) is 0 Å². The number of carbonyl (C=O) groups excluding carboxylic acids is 2. The Kier molecular flexibility index (Phi) is 5.25. The molecule has 5 heteroatoms. The topological polar surface area (TPSA) is 68.3 Å². The molecule has 0 saturated carbocycles. The normalized spacial score (nSPS) is 11.5. The molecule has 2 rings (SSSR count). The largest absolute Gasteiger partial charge is 0.457 e. The molecule has 5 nitrogen and oxygen atoms in total. The number of hydrogen-bond acceptors (Lipinski definition) is 4. The molecule has 0 aliphatic rings. The zero-order valence-corrected chi connectivity index (χ0v) is 12.6. The Morgan fingerprint density at radius 2 is 1.95 bits per heavy atom. The molecule has 0 aliphatic heterocycles. The van der Waals surface area contributed by atoms with Gasteiger partial charge in [0.2, 0.25) is 5.91 Å². The standard InChI is InChI=1S/C17H18N2O3/c1-12(15-4-3-9-18-11-15)22-17(21)10-14-5-7-16(8-6-14)19-13(2)20/h3-9,11-12H,10H2,1-2H3,(H,19,20). The van der Waals surface area contributed by atoms with Crippen LogP contribution in [-0.2, 0) is 20.7 Å². The lowest BCUT2D eigenvalue weighted by Gasteiger charge is -2.13. The second-order valence-electron chi connectivity index (χ2n) is 4.97. The molecule has 1 N–H and O–H groups in total. The number of aromatic nitrogens is 1. The summed E-state index contributed by atoms with van der Waals surface area (Å²) in [5.74, 6) is -0.430. The molecule has 1 aromatic carbocycles. The van der Waals surface area contributed by atoms with Crippen molar-refractivity contribution in [2.75, 3.05) is 5.32 Å². The minimum absolute atomic E-state index is 0.127. The number of nitrogens with zero attached hydrogens (tertiary/aromatic N) is 1. The van der Waals surface area contributed by atoms with Gasteiger partial charge in [-0.15, -0.1) is 0 Å². The number of esters is 1. The highest BCUT2D eigenvalue weighted by atomic mass is 16.5. The highest BCUT2D eigenvalue weighted by Crippen LogP contribution is 2.17. The molecule has 0 bridgehead atoms. The maximum Gasteiger partial charge on any atom is 0.310 e. The van der Waals surface area contributed by atoms with Crippen molar-refractivity contribution in [2.24, 2.45) is 0 Å². The van der Waals surface area contributed by atoms with Crippen LogP contribution < -0.4 is 5.32 Å². The predicted molar refractivity (Wildman–Crippen MR) is 83.2 cm³/mol. The number of hydrogen-bond donors (Lipinski definition) is 1. The van der Waals surface area contributed by atoms with Crippen LogP contribution in [0.4, 0.5) is 5.69 Å². The lowest BCUT2D eigenvalue weighted by Crippen LogP contribution is -2.11. The Balaban J connectivity index is 1.90. The Morgan fingerprint density at radius 3 is 2.55 bits per heavy atom. The zero-order chi connectivity index (χ0) is 15.9. The maximum atomic E-state index is 11.9. The first kappa shape index (κ1) is 15.7. The Bertz CT molecular complexity index is 639. The van der Waals surface area contributed by atoms with Crippen LogP contribution in [0.1, 0.15) is 31.1 Å². The van der Waals surface area contributed by atoms with Crippen LogP contribution in [-0.4, -0.2) is 16.9 Å².